The molecule has 0 spiro atoms. The first-order valence-corrected chi connectivity index (χ1v) is 11.7. The Kier molecular flexibility index (Phi) is 6.92. The van der Waals surface area contributed by atoms with E-state index in [0.29, 0.717) is 36.0 Å². The van der Waals surface area contributed by atoms with E-state index in [1.807, 2.05) is 76.2 Å². The summed E-state index contributed by atoms with van der Waals surface area (Å²) in [5.41, 5.74) is 3.61. The fourth-order valence-electron chi connectivity index (χ4n) is 4.51. The largest absolute Gasteiger partial charge is 0.507 e. The number of hydrogen-bond acceptors (Lipinski definition) is 5. The van der Waals surface area contributed by atoms with Crippen LogP contribution in [-0.2, 0) is 9.59 Å². The Bertz CT molecular complexity index is 1280. The van der Waals surface area contributed by atoms with Crippen LogP contribution in [0.3, 0.4) is 0 Å². The van der Waals surface area contributed by atoms with Gasteiger partial charge in [0.25, 0.3) is 11.7 Å². The van der Waals surface area contributed by atoms with Crippen molar-refractivity contribution in [3.63, 3.8) is 0 Å². The summed E-state index contributed by atoms with van der Waals surface area (Å²) in [6.07, 6.45) is 0. The van der Waals surface area contributed by atoms with E-state index in [0.717, 1.165) is 16.7 Å². The highest BCUT2D eigenvalue weighted by Gasteiger charge is 2.47. The zero-order valence-electron chi connectivity index (χ0n) is 20.4. The number of anilines is 1. The number of rotatable bonds is 7. The van der Waals surface area contributed by atoms with Crippen LogP contribution in [0.25, 0.3) is 5.76 Å². The molecule has 1 aliphatic rings. The second-order valence-corrected chi connectivity index (χ2v) is 8.45. The molecule has 3 aromatic carbocycles. The maximum absolute atomic E-state index is 13.4. The third-order valence-corrected chi connectivity index (χ3v) is 5.86. The quantitative estimate of drug-likeness (QED) is 0.271. The number of Topliss-reactive ketones (excluding diaryl/α,β-unsaturated/α-hetero) is 1. The number of nitrogens with zero attached hydrogens (tertiary/aromatic N) is 1. The highest BCUT2D eigenvalue weighted by molar-refractivity contribution is 6.51. The molecule has 180 valence electrons. The van der Waals surface area contributed by atoms with E-state index in [1.54, 1.807) is 18.2 Å². The lowest BCUT2D eigenvalue weighted by atomic mass is 9.94. The molecule has 1 saturated heterocycles. The molecule has 0 radical (unpaired) electrons. The van der Waals surface area contributed by atoms with Gasteiger partial charge in [-0.15, -0.1) is 0 Å². The van der Waals surface area contributed by atoms with E-state index in [9.17, 15) is 14.7 Å². The zero-order chi connectivity index (χ0) is 25.1. The van der Waals surface area contributed by atoms with Crippen LogP contribution in [0.5, 0.6) is 11.5 Å². The maximum Gasteiger partial charge on any atom is 0.300 e. The molecule has 1 amide bonds. The lowest BCUT2D eigenvalue weighted by molar-refractivity contribution is -0.132. The molecule has 0 saturated carbocycles. The highest BCUT2D eigenvalue weighted by Crippen LogP contribution is 2.44. The first-order chi connectivity index (χ1) is 16.8. The van der Waals surface area contributed by atoms with Crippen molar-refractivity contribution in [3.8, 4) is 11.5 Å². The number of aryl methyl sites for hydroxylation is 2. The van der Waals surface area contributed by atoms with Gasteiger partial charge in [-0.05, 0) is 68.7 Å². The van der Waals surface area contributed by atoms with Gasteiger partial charge < -0.3 is 14.6 Å². The summed E-state index contributed by atoms with van der Waals surface area (Å²) in [6, 6.07) is 19.3. The molecular weight excluding hydrogens is 442 g/mol. The van der Waals surface area contributed by atoms with Crippen molar-refractivity contribution in [2.75, 3.05) is 18.1 Å². The number of carbonyl (C=O) groups excluding carboxylic acids is 2. The summed E-state index contributed by atoms with van der Waals surface area (Å²) in [5.74, 6) is -0.750. The first-order valence-electron chi connectivity index (χ1n) is 11.7. The molecule has 1 aliphatic heterocycles. The van der Waals surface area contributed by atoms with E-state index < -0.39 is 17.7 Å². The second-order valence-electron chi connectivity index (χ2n) is 8.45. The molecule has 1 heterocycles. The van der Waals surface area contributed by atoms with Gasteiger partial charge in [-0.3, -0.25) is 14.5 Å². The van der Waals surface area contributed by atoms with Gasteiger partial charge in [-0.1, -0.05) is 36.4 Å². The van der Waals surface area contributed by atoms with E-state index in [4.69, 9.17) is 9.47 Å². The minimum atomic E-state index is -0.793. The lowest BCUT2D eigenvalue weighted by Crippen LogP contribution is -2.29. The number of ether oxygens (including phenoxy) is 2. The molecule has 4 rings (SSSR count). The standard InChI is InChI=1S/C29H29NO5/c1-5-34-22-12-13-23(24(17-22)35-6-2)27(31)25-26(20-10-8-7-9-11-20)30(29(33)28(25)32)21-15-18(3)14-19(4)16-21/h7-17,26,31H,5-6H2,1-4H3/b27-25-. The fourth-order valence-corrected chi connectivity index (χ4v) is 4.51. The molecule has 35 heavy (non-hydrogen) atoms. The van der Waals surface area contributed by atoms with Crippen LogP contribution in [0, 0.1) is 13.8 Å². The van der Waals surface area contributed by atoms with Crippen LogP contribution in [0.1, 0.15) is 42.1 Å². The number of aliphatic hydroxyl groups is 1. The first kappa shape index (κ1) is 24.1. The van der Waals surface area contributed by atoms with Crippen molar-refractivity contribution in [1.82, 2.24) is 0 Å². The Balaban J connectivity index is 1.95. The van der Waals surface area contributed by atoms with Gasteiger partial charge in [0.2, 0.25) is 0 Å². The molecule has 1 unspecified atom stereocenters. The highest BCUT2D eigenvalue weighted by atomic mass is 16.5. The molecule has 6 nitrogen and oxygen atoms in total. The minimum absolute atomic E-state index is 0.0190. The molecule has 0 bridgehead atoms. The van der Waals surface area contributed by atoms with Gasteiger partial charge >= 0.3 is 0 Å². The SMILES string of the molecule is CCOc1ccc(/C(O)=C2/C(=O)C(=O)N(c3cc(C)cc(C)c3)C2c2ccccc2)c(OCC)c1. The molecule has 3 aromatic rings. The third-order valence-electron chi connectivity index (χ3n) is 5.86. The van der Waals surface area contributed by atoms with Gasteiger partial charge in [0.1, 0.15) is 17.3 Å². The van der Waals surface area contributed by atoms with Crippen molar-refractivity contribution in [2.45, 2.75) is 33.7 Å². The van der Waals surface area contributed by atoms with Crippen LogP contribution >= 0.6 is 0 Å². The number of benzene rings is 3. The van der Waals surface area contributed by atoms with Gasteiger partial charge in [-0.25, -0.2) is 0 Å². The van der Waals surface area contributed by atoms with E-state index in [2.05, 4.69) is 0 Å². The Morgan fingerprint density at radius 1 is 0.886 bits per heavy atom. The lowest BCUT2D eigenvalue weighted by Gasteiger charge is -2.26. The Hall–Kier alpha value is -4.06. The minimum Gasteiger partial charge on any atom is -0.507 e. The average molecular weight is 472 g/mol. The zero-order valence-corrected chi connectivity index (χ0v) is 20.4. The predicted octanol–water partition coefficient (Wildman–Crippen LogP) is 5.73. The number of carbonyl (C=O) groups is 2. The van der Waals surface area contributed by atoms with Gasteiger partial charge in [-0.2, -0.15) is 0 Å². The van der Waals surface area contributed by atoms with Crippen molar-refractivity contribution in [3.05, 3.63) is 94.6 Å². The van der Waals surface area contributed by atoms with Crippen LogP contribution in [-0.4, -0.2) is 30.0 Å². The number of amides is 1. The summed E-state index contributed by atoms with van der Waals surface area (Å²) in [5, 5.41) is 11.5. The molecule has 0 aliphatic carbocycles. The Morgan fingerprint density at radius 2 is 1.54 bits per heavy atom. The molecule has 1 atom stereocenters. The van der Waals surface area contributed by atoms with Crippen molar-refractivity contribution < 1.29 is 24.2 Å². The Morgan fingerprint density at radius 3 is 2.17 bits per heavy atom. The van der Waals surface area contributed by atoms with E-state index in [1.165, 1.54) is 4.90 Å². The summed E-state index contributed by atoms with van der Waals surface area (Å²) in [7, 11) is 0. The summed E-state index contributed by atoms with van der Waals surface area (Å²) in [4.78, 5) is 28.3. The van der Waals surface area contributed by atoms with Crippen molar-refractivity contribution in [2.24, 2.45) is 0 Å². The van der Waals surface area contributed by atoms with Crippen LogP contribution in [0.4, 0.5) is 5.69 Å². The van der Waals surface area contributed by atoms with Crippen LogP contribution in [0.2, 0.25) is 0 Å². The Labute approximate surface area is 205 Å². The molecule has 1 fully saturated rings. The molecule has 6 heteroatoms. The normalized spacial score (nSPS) is 17.0. The monoisotopic (exact) mass is 471 g/mol. The van der Waals surface area contributed by atoms with Gasteiger partial charge in [0, 0.05) is 11.8 Å². The summed E-state index contributed by atoms with van der Waals surface area (Å²) in [6.45, 7) is 8.43. The fraction of sp³-hybridized carbons (Fsp3) is 0.241. The topological polar surface area (TPSA) is 76.1 Å². The number of ketones is 1. The molecule has 0 aromatic heterocycles. The smallest absolute Gasteiger partial charge is 0.300 e. The van der Waals surface area contributed by atoms with Crippen molar-refractivity contribution >= 4 is 23.1 Å². The van der Waals surface area contributed by atoms with Gasteiger partial charge in [0.15, 0.2) is 0 Å². The third kappa shape index (κ3) is 4.64. The van der Waals surface area contributed by atoms with E-state index in [-0.39, 0.29) is 11.3 Å². The average Bonchev–Trinajstić information content (AvgIpc) is 3.10. The van der Waals surface area contributed by atoms with Crippen LogP contribution < -0.4 is 14.4 Å². The predicted molar refractivity (Wildman–Crippen MR) is 136 cm³/mol. The maximum atomic E-state index is 13.4. The van der Waals surface area contributed by atoms with E-state index >= 15 is 0 Å². The number of hydrogen-bond donors (Lipinski definition) is 1. The number of aliphatic hydroxyl groups excluding tert-OH is 1. The van der Waals surface area contributed by atoms with Gasteiger partial charge in [0.05, 0.1) is 30.4 Å². The molecule has 1 N–H and O–H groups in total. The van der Waals surface area contributed by atoms with Crippen LogP contribution in [0.15, 0.2) is 72.3 Å². The second kappa shape index (κ2) is 10.1. The summed E-state index contributed by atoms with van der Waals surface area (Å²) >= 11 is 0. The molecular formula is C29H29NO5. The summed E-state index contributed by atoms with van der Waals surface area (Å²) < 4.78 is 11.3. The van der Waals surface area contributed by atoms with Crippen molar-refractivity contribution in [1.29, 1.82) is 0 Å².